The molecule has 1 N–H and O–H groups in total. The molecular weight excluding hydrogens is 327 g/mol. The molecule has 0 aromatic rings. The summed E-state index contributed by atoms with van der Waals surface area (Å²) in [6, 6.07) is 0. The number of aliphatic carboxylic acids is 1. The van der Waals surface area contributed by atoms with Crippen LogP contribution in [-0.4, -0.2) is 35.7 Å². The molecule has 0 aliphatic rings. The van der Waals surface area contributed by atoms with Crippen LogP contribution in [0.2, 0.25) is 0 Å². The maximum atomic E-state index is 9.00. The molecule has 0 aliphatic carbocycles. The Balaban J connectivity index is 0. The van der Waals surface area contributed by atoms with E-state index in [4.69, 9.17) is 9.90 Å². The molecule has 3 heteroatoms. The fourth-order valence-electron chi connectivity index (χ4n) is 3.75. The van der Waals surface area contributed by atoms with Gasteiger partial charge < -0.3 is 5.11 Å². The average molecular weight is 377 g/mol. The molecule has 0 atom stereocenters. The van der Waals surface area contributed by atoms with E-state index >= 15 is 0 Å². The minimum absolute atomic E-state index is 0.833. The fraction of sp³-hybridized carbons (Fsp3) is 0.955. The molecule has 0 aromatic carbocycles. The number of carboxylic acids is 1. The molecule has 0 spiro atoms. The van der Waals surface area contributed by atoms with Gasteiger partial charge >= 0.3 is 137 Å². The normalized spacial score (nSPS) is 11.7. The van der Waals surface area contributed by atoms with Crippen molar-refractivity contribution in [1.82, 2.24) is 0 Å². The molecule has 0 aliphatic heterocycles. The van der Waals surface area contributed by atoms with E-state index < -0.39 is 13.2 Å². The topological polar surface area (TPSA) is 37.3 Å². The molecule has 25 heavy (non-hydrogen) atoms. The van der Waals surface area contributed by atoms with Gasteiger partial charge in [-0.05, 0) is 0 Å². The number of hydrogen-bond donors (Lipinski definition) is 1. The van der Waals surface area contributed by atoms with Crippen LogP contribution in [0, 0.1) is 0 Å². The molecule has 0 saturated carbocycles. The molecule has 0 unspecified atom stereocenters. The third-order valence-electron chi connectivity index (χ3n) is 5.24. The zero-order chi connectivity index (χ0) is 19.4. The van der Waals surface area contributed by atoms with Gasteiger partial charge in [-0.1, -0.05) is 0 Å². The van der Waals surface area contributed by atoms with Crippen LogP contribution in [-0.2, 0) is 4.79 Å². The molecule has 0 saturated heterocycles. The van der Waals surface area contributed by atoms with E-state index in [1.807, 2.05) is 0 Å². The average Bonchev–Trinajstić information content (AvgIpc) is 2.55. The fourth-order valence-corrected chi connectivity index (χ4v) is 9.25. The van der Waals surface area contributed by atoms with Gasteiger partial charge in [0.1, 0.15) is 0 Å². The number of carboxylic acid groups (broad SMARTS) is 1. The quantitative estimate of drug-likeness (QED) is 0.222. The molecule has 0 fully saturated rings. The van der Waals surface area contributed by atoms with Crippen LogP contribution in [0.4, 0.5) is 0 Å². The van der Waals surface area contributed by atoms with Crippen molar-refractivity contribution in [3.63, 3.8) is 0 Å². The molecule has 2 nitrogen and oxygen atoms in total. The van der Waals surface area contributed by atoms with E-state index in [0.29, 0.717) is 0 Å². The second-order valence-electron chi connectivity index (χ2n) is 7.85. The van der Waals surface area contributed by atoms with Crippen molar-refractivity contribution < 1.29 is 9.90 Å². The van der Waals surface area contributed by atoms with Crippen molar-refractivity contribution in [2.75, 3.05) is 24.6 Å². The Labute approximate surface area is 159 Å². The Morgan fingerprint density at radius 2 is 0.800 bits per heavy atom. The van der Waals surface area contributed by atoms with E-state index in [9.17, 15) is 0 Å². The van der Waals surface area contributed by atoms with Crippen molar-refractivity contribution in [2.24, 2.45) is 0 Å². The SMILES string of the molecule is CC(=O)O.CCCCC[PH](CCCCC)(CCCCC)CCCCC. The number of hydrogen-bond acceptors (Lipinski definition) is 1. The summed E-state index contributed by atoms with van der Waals surface area (Å²) in [7, 11) is -0.944. The Kier molecular flexibility index (Phi) is 21.9. The van der Waals surface area contributed by atoms with Gasteiger partial charge in [0.25, 0.3) is 5.97 Å². The first kappa shape index (κ1) is 27.1. The number of rotatable bonds is 16. The summed E-state index contributed by atoms with van der Waals surface area (Å²) in [4.78, 5) is 9.00. The van der Waals surface area contributed by atoms with E-state index in [1.54, 1.807) is 24.6 Å². The molecule has 154 valence electrons. The first-order chi connectivity index (χ1) is 12.0. The van der Waals surface area contributed by atoms with Crippen LogP contribution in [0.25, 0.3) is 0 Å². The standard InChI is InChI=1S/C20H45P.C2H4O2/c1-5-9-13-17-21(18-14-10-6-2,19-15-11-7-3)20-16-12-8-4;1-2(3)4/h21H,5-20H2,1-4H3;1H3,(H,3,4). The zero-order valence-electron chi connectivity index (χ0n) is 18.2. The Morgan fingerprint density at radius 1 is 0.600 bits per heavy atom. The van der Waals surface area contributed by atoms with Crippen LogP contribution >= 0.6 is 7.26 Å². The third kappa shape index (κ3) is 20.1. The van der Waals surface area contributed by atoms with Crippen LogP contribution < -0.4 is 0 Å². The molecule has 0 amide bonds. The third-order valence-corrected chi connectivity index (χ3v) is 10.9. The second kappa shape index (κ2) is 20.2. The Hall–Kier alpha value is -0.100. The first-order valence-electron chi connectivity index (χ1n) is 11.2. The maximum absolute atomic E-state index is 9.00. The summed E-state index contributed by atoms with van der Waals surface area (Å²) in [6.45, 7) is 10.5. The Morgan fingerprint density at radius 3 is 0.960 bits per heavy atom. The molecule has 0 radical (unpaired) electrons. The van der Waals surface area contributed by atoms with Crippen molar-refractivity contribution >= 4 is 13.2 Å². The van der Waals surface area contributed by atoms with E-state index in [2.05, 4.69) is 27.7 Å². The van der Waals surface area contributed by atoms with Gasteiger partial charge in [-0.3, -0.25) is 4.79 Å². The van der Waals surface area contributed by atoms with Crippen LogP contribution in [0.5, 0.6) is 0 Å². The Bertz CT molecular complexity index is 230. The van der Waals surface area contributed by atoms with Gasteiger partial charge in [0, 0.05) is 6.92 Å². The van der Waals surface area contributed by atoms with E-state index in [-0.39, 0.29) is 0 Å². The monoisotopic (exact) mass is 376 g/mol. The second-order valence-corrected chi connectivity index (χ2v) is 12.8. The summed E-state index contributed by atoms with van der Waals surface area (Å²) < 4.78 is 0. The van der Waals surface area contributed by atoms with Gasteiger partial charge in [-0.25, -0.2) is 0 Å². The van der Waals surface area contributed by atoms with Gasteiger partial charge in [-0.2, -0.15) is 0 Å². The van der Waals surface area contributed by atoms with Gasteiger partial charge in [-0.15, -0.1) is 0 Å². The van der Waals surface area contributed by atoms with Gasteiger partial charge in [0.05, 0.1) is 0 Å². The molecule has 0 rings (SSSR count). The summed E-state index contributed by atoms with van der Waals surface area (Å²) in [6.07, 6.45) is 24.2. The van der Waals surface area contributed by atoms with Crippen LogP contribution in [0.15, 0.2) is 0 Å². The summed E-state index contributed by atoms with van der Waals surface area (Å²) >= 11 is 0. The summed E-state index contributed by atoms with van der Waals surface area (Å²) in [5.41, 5.74) is 0. The van der Waals surface area contributed by atoms with Crippen LogP contribution in [0.3, 0.4) is 0 Å². The van der Waals surface area contributed by atoms with Crippen LogP contribution in [0.1, 0.15) is 112 Å². The van der Waals surface area contributed by atoms with Gasteiger partial charge in [0.2, 0.25) is 0 Å². The summed E-state index contributed by atoms with van der Waals surface area (Å²) in [5, 5.41) is 7.42. The number of unbranched alkanes of at least 4 members (excludes halogenated alkanes) is 8. The minimum atomic E-state index is -0.944. The number of carbonyl (C=O) groups is 1. The van der Waals surface area contributed by atoms with E-state index in [0.717, 1.165) is 6.92 Å². The van der Waals surface area contributed by atoms with Crippen molar-refractivity contribution in [2.45, 2.75) is 112 Å². The molecule has 0 aromatic heterocycles. The van der Waals surface area contributed by atoms with Crippen molar-refractivity contribution in [3.8, 4) is 0 Å². The van der Waals surface area contributed by atoms with Gasteiger partial charge in [0.15, 0.2) is 0 Å². The first-order valence-corrected chi connectivity index (χ1v) is 14.0. The zero-order valence-corrected chi connectivity index (χ0v) is 19.2. The van der Waals surface area contributed by atoms with E-state index in [1.165, 1.54) is 77.0 Å². The summed E-state index contributed by atoms with van der Waals surface area (Å²) in [5.74, 6) is -0.833. The van der Waals surface area contributed by atoms with Crippen molar-refractivity contribution in [1.29, 1.82) is 0 Å². The molecule has 0 bridgehead atoms. The molecular formula is C22H49O2P. The predicted octanol–water partition coefficient (Wildman–Crippen LogP) is 7.59. The molecule has 0 heterocycles. The predicted molar refractivity (Wildman–Crippen MR) is 119 cm³/mol. The van der Waals surface area contributed by atoms with Crippen molar-refractivity contribution in [3.05, 3.63) is 0 Å².